The minimum Gasteiger partial charge on any atom is -0.313 e. The minimum atomic E-state index is 0.545. The number of hydrogen-bond acceptors (Lipinski definition) is 2. The molecular weight excluding hydrogens is 359 g/mol. The summed E-state index contributed by atoms with van der Waals surface area (Å²) in [5.41, 5.74) is 1.47. The van der Waals surface area contributed by atoms with Crippen LogP contribution in [0.1, 0.15) is 50.6 Å². The van der Waals surface area contributed by atoms with Crippen molar-refractivity contribution in [3.63, 3.8) is 0 Å². The summed E-state index contributed by atoms with van der Waals surface area (Å²) >= 11 is 2.38. The van der Waals surface area contributed by atoms with E-state index < -0.39 is 0 Å². The van der Waals surface area contributed by atoms with Crippen LogP contribution in [0.4, 0.5) is 0 Å². The quantitative estimate of drug-likeness (QED) is 0.774. The van der Waals surface area contributed by atoms with E-state index in [0.717, 1.165) is 6.04 Å². The van der Waals surface area contributed by atoms with E-state index in [1.54, 1.807) is 0 Å². The third-order valence-electron chi connectivity index (χ3n) is 4.71. The Morgan fingerprint density at radius 1 is 1.20 bits per heavy atom. The van der Waals surface area contributed by atoms with Crippen molar-refractivity contribution >= 4 is 22.6 Å². The average Bonchev–Trinajstić information content (AvgIpc) is 3.30. The van der Waals surface area contributed by atoms with E-state index in [-0.39, 0.29) is 0 Å². The molecule has 2 aliphatic rings. The zero-order valence-electron chi connectivity index (χ0n) is 12.3. The second-order valence-corrected chi connectivity index (χ2v) is 7.55. The Labute approximate surface area is 136 Å². The van der Waals surface area contributed by atoms with Gasteiger partial charge in [-0.05, 0) is 79.4 Å². The van der Waals surface area contributed by atoms with Crippen molar-refractivity contribution in [2.75, 3.05) is 13.1 Å². The number of hydrogen-bond donors (Lipinski definition) is 1. The van der Waals surface area contributed by atoms with Gasteiger partial charge in [0.25, 0.3) is 0 Å². The van der Waals surface area contributed by atoms with Gasteiger partial charge in [0.15, 0.2) is 0 Å². The lowest BCUT2D eigenvalue weighted by Gasteiger charge is -2.35. The molecule has 0 radical (unpaired) electrons. The van der Waals surface area contributed by atoms with Gasteiger partial charge in [-0.25, -0.2) is 0 Å². The largest absolute Gasteiger partial charge is 0.313 e. The Hall–Kier alpha value is -0.130. The molecule has 0 bridgehead atoms. The minimum absolute atomic E-state index is 0.545. The maximum Gasteiger partial charge on any atom is 0.0323 e. The van der Waals surface area contributed by atoms with Crippen LogP contribution in [0.25, 0.3) is 0 Å². The van der Waals surface area contributed by atoms with E-state index in [1.165, 1.54) is 54.3 Å². The smallest absolute Gasteiger partial charge is 0.0323 e. The van der Waals surface area contributed by atoms with Crippen molar-refractivity contribution in [1.82, 2.24) is 10.2 Å². The number of nitrogens with one attached hydrogen (secondary N) is 1. The fourth-order valence-electron chi connectivity index (χ4n) is 3.30. The monoisotopic (exact) mass is 384 g/mol. The first kappa shape index (κ1) is 14.8. The van der Waals surface area contributed by atoms with Crippen molar-refractivity contribution in [3.8, 4) is 0 Å². The fraction of sp³-hybridized carbons (Fsp3) is 0.647. The molecule has 1 aromatic carbocycles. The summed E-state index contributed by atoms with van der Waals surface area (Å²) in [5, 5.41) is 3.70. The van der Waals surface area contributed by atoms with E-state index >= 15 is 0 Å². The molecule has 2 fully saturated rings. The molecule has 1 N–H and O–H groups in total. The van der Waals surface area contributed by atoms with Crippen LogP contribution < -0.4 is 5.32 Å². The van der Waals surface area contributed by atoms with Crippen LogP contribution in [-0.4, -0.2) is 30.1 Å². The maximum absolute atomic E-state index is 3.70. The molecule has 1 saturated carbocycles. The van der Waals surface area contributed by atoms with Crippen molar-refractivity contribution < 1.29 is 0 Å². The molecule has 110 valence electrons. The molecule has 0 spiro atoms. The normalized spacial score (nSPS) is 24.9. The van der Waals surface area contributed by atoms with Gasteiger partial charge in [-0.1, -0.05) is 18.6 Å². The summed E-state index contributed by atoms with van der Waals surface area (Å²) in [7, 11) is 0. The third-order valence-corrected chi connectivity index (χ3v) is 5.43. The highest BCUT2D eigenvalue weighted by molar-refractivity contribution is 14.1. The molecule has 1 saturated heterocycles. The van der Waals surface area contributed by atoms with Crippen LogP contribution in [0.15, 0.2) is 24.3 Å². The van der Waals surface area contributed by atoms with E-state index in [2.05, 4.69) is 64.0 Å². The predicted molar refractivity (Wildman–Crippen MR) is 92.9 cm³/mol. The summed E-state index contributed by atoms with van der Waals surface area (Å²) in [5.74, 6) is 0. The molecule has 1 aliphatic carbocycles. The topological polar surface area (TPSA) is 15.3 Å². The highest BCUT2D eigenvalue weighted by Crippen LogP contribution is 2.35. The molecule has 1 aromatic rings. The molecule has 20 heavy (non-hydrogen) atoms. The maximum atomic E-state index is 3.70. The van der Waals surface area contributed by atoms with Crippen molar-refractivity contribution in [1.29, 1.82) is 0 Å². The summed E-state index contributed by atoms with van der Waals surface area (Å²) < 4.78 is 1.32. The van der Waals surface area contributed by atoms with Crippen LogP contribution in [-0.2, 0) is 0 Å². The SMILES string of the molecule is CC(c1ccc(I)cc1)N(CC1CCCCN1)C1CC1. The number of benzene rings is 1. The Kier molecular flexibility index (Phi) is 5.00. The molecule has 2 nitrogen and oxygen atoms in total. The first-order valence-corrected chi connectivity index (χ1v) is 9.06. The summed E-state index contributed by atoms with van der Waals surface area (Å²) in [6, 6.07) is 11.1. The van der Waals surface area contributed by atoms with E-state index in [0.29, 0.717) is 12.1 Å². The zero-order chi connectivity index (χ0) is 13.9. The molecule has 2 atom stereocenters. The second-order valence-electron chi connectivity index (χ2n) is 6.30. The molecule has 3 heteroatoms. The first-order chi connectivity index (χ1) is 9.74. The highest BCUT2D eigenvalue weighted by atomic mass is 127. The first-order valence-electron chi connectivity index (χ1n) is 7.98. The van der Waals surface area contributed by atoms with Gasteiger partial charge in [0, 0.05) is 28.2 Å². The Bertz CT molecular complexity index is 421. The Balaban J connectivity index is 1.67. The third kappa shape index (κ3) is 3.74. The number of piperidine rings is 1. The van der Waals surface area contributed by atoms with Gasteiger partial charge >= 0.3 is 0 Å². The molecule has 2 unspecified atom stereocenters. The van der Waals surface area contributed by atoms with Gasteiger partial charge in [0.1, 0.15) is 0 Å². The van der Waals surface area contributed by atoms with Gasteiger partial charge in [0.2, 0.25) is 0 Å². The van der Waals surface area contributed by atoms with Gasteiger partial charge in [-0.2, -0.15) is 0 Å². The van der Waals surface area contributed by atoms with E-state index in [9.17, 15) is 0 Å². The lowest BCUT2D eigenvalue weighted by atomic mass is 10.0. The number of nitrogens with zero attached hydrogens (tertiary/aromatic N) is 1. The molecule has 1 heterocycles. The van der Waals surface area contributed by atoms with E-state index in [1.807, 2.05) is 0 Å². The van der Waals surface area contributed by atoms with Crippen LogP contribution >= 0.6 is 22.6 Å². The van der Waals surface area contributed by atoms with Gasteiger partial charge in [0.05, 0.1) is 0 Å². The van der Waals surface area contributed by atoms with Gasteiger partial charge < -0.3 is 5.32 Å². The lowest BCUT2D eigenvalue weighted by molar-refractivity contribution is 0.167. The summed E-state index contributed by atoms with van der Waals surface area (Å²) in [6.45, 7) is 4.81. The predicted octanol–water partition coefficient (Wildman–Crippen LogP) is 3.96. The average molecular weight is 384 g/mol. The number of rotatable bonds is 5. The molecular formula is C17H25IN2. The van der Waals surface area contributed by atoms with Crippen molar-refractivity contribution in [2.45, 2.75) is 57.2 Å². The highest BCUT2D eigenvalue weighted by Gasteiger charge is 2.34. The summed E-state index contributed by atoms with van der Waals surface area (Å²) in [4.78, 5) is 2.74. The standard InChI is InChI=1S/C17H25IN2/c1-13(14-5-7-15(18)8-6-14)20(17-9-10-17)12-16-4-2-3-11-19-16/h5-8,13,16-17,19H,2-4,9-12H2,1H3. The Morgan fingerprint density at radius 2 is 1.95 bits per heavy atom. The van der Waals surface area contributed by atoms with Crippen LogP contribution in [0.2, 0.25) is 0 Å². The molecule has 0 aromatic heterocycles. The van der Waals surface area contributed by atoms with Crippen LogP contribution in [0, 0.1) is 3.57 Å². The van der Waals surface area contributed by atoms with Crippen LogP contribution in [0.3, 0.4) is 0 Å². The lowest BCUT2D eigenvalue weighted by Crippen LogP contribution is -2.45. The van der Waals surface area contributed by atoms with Crippen LogP contribution in [0.5, 0.6) is 0 Å². The Morgan fingerprint density at radius 3 is 2.55 bits per heavy atom. The second kappa shape index (κ2) is 6.75. The van der Waals surface area contributed by atoms with Crippen molar-refractivity contribution in [3.05, 3.63) is 33.4 Å². The van der Waals surface area contributed by atoms with Gasteiger partial charge in [-0.3, -0.25) is 4.90 Å². The fourth-order valence-corrected chi connectivity index (χ4v) is 3.66. The van der Waals surface area contributed by atoms with Gasteiger partial charge in [-0.15, -0.1) is 0 Å². The molecule has 0 amide bonds. The molecule has 1 aliphatic heterocycles. The van der Waals surface area contributed by atoms with Crippen molar-refractivity contribution in [2.24, 2.45) is 0 Å². The molecule has 3 rings (SSSR count). The number of halogens is 1. The van der Waals surface area contributed by atoms with E-state index in [4.69, 9.17) is 0 Å². The zero-order valence-corrected chi connectivity index (χ0v) is 14.5. The summed E-state index contributed by atoms with van der Waals surface area (Å²) in [6.07, 6.45) is 6.88.